The average Bonchev–Trinajstić information content (AvgIpc) is 2.82. The highest BCUT2D eigenvalue weighted by atomic mass is 79.9. The molecule has 1 N–H and O–H groups in total. The number of nitrogens with one attached hydrogen (secondary N) is 1. The van der Waals surface area contributed by atoms with E-state index in [0.717, 1.165) is 15.8 Å². The Morgan fingerprint density at radius 1 is 1.47 bits per heavy atom. The molecular weight excluding hydrogens is 310 g/mol. The first-order valence-corrected chi connectivity index (χ1v) is 6.78. The Morgan fingerprint density at radius 2 is 2.26 bits per heavy atom. The first-order chi connectivity index (χ1) is 9.10. The molecule has 0 amide bonds. The SMILES string of the molecule is CNC(C)c1cc(Br)ccc1OCc1nc(C)no1. The third-order valence-corrected chi connectivity index (χ3v) is 3.29. The van der Waals surface area contributed by atoms with Crippen LogP contribution >= 0.6 is 15.9 Å². The summed E-state index contributed by atoms with van der Waals surface area (Å²) in [6.45, 7) is 4.12. The van der Waals surface area contributed by atoms with E-state index in [0.29, 0.717) is 11.7 Å². The minimum atomic E-state index is 0.192. The Hall–Kier alpha value is -1.40. The molecule has 0 fully saturated rings. The third-order valence-electron chi connectivity index (χ3n) is 2.79. The lowest BCUT2D eigenvalue weighted by Crippen LogP contribution is -2.13. The van der Waals surface area contributed by atoms with Gasteiger partial charge < -0.3 is 14.6 Å². The number of hydrogen-bond acceptors (Lipinski definition) is 5. The summed E-state index contributed by atoms with van der Waals surface area (Å²) in [6, 6.07) is 6.10. The molecule has 1 heterocycles. The van der Waals surface area contributed by atoms with E-state index in [2.05, 4.69) is 38.3 Å². The maximum absolute atomic E-state index is 5.76. The van der Waals surface area contributed by atoms with Crippen molar-refractivity contribution in [2.24, 2.45) is 0 Å². The third kappa shape index (κ3) is 3.54. The van der Waals surface area contributed by atoms with Crippen LogP contribution in [0.15, 0.2) is 27.2 Å². The monoisotopic (exact) mass is 325 g/mol. The molecule has 0 radical (unpaired) electrons. The topological polar surface area (TPSA) is 60.2 Å². The van der Waals surface area contributed by atoms with Crippen LogP contribution in [-0.4, -0.2) is 17.2 Å². The Kier molecular flexibility index (Phi) is 4.55. The lowest BCUT2D eigenvalue weighted by atomic mass is 10.1. The van der Waals surface area contributed by atoms with Gasteiger partial charge in [0.1, 0.15) is 5.75 Å². The quantitative estimate of drug-likeness (QED) is 0.915. The zero-order valence-corrected chi connectivity index (χ0v) is 12.7. The van der Waals surface area contributed by atoms with Gasteiger partial charge in [-0.2, -0.15) is 4.98 Å². The van der Waals surface area contributed by atoms with Crippen LogP contribution in [0.2, 0.25) is 0 Å². The van der Waals surface area contributed by atoms with E-state index in [9.17, 15) is 0 Å². The van der Waals surface area contributed by atoms with Crippen LogP contribution in [0.1, 0.15) is 30.2 Å². The fourth-order valence-electron chi connectivity index (χ4n) is 1.68. The molecule has 1 aromatic heterocycles. The van der Waals surface area contributed by atoms with Crippen LogP contribution in [0.25, 0.3) is 0 Å². The highest BCUT2D eigenvalue weighted by Crippen LogP contribution is 2.28. The number of aromatic nitrogens is 2. The number of benzene rings is 1. The molecule has 0 saturated carbocycles. The second-order valence-electron chi connectivity index (χ2n) is 4.22. The van der Waals surface area contributed by atoms with Crippen LogP contribution in [0.5, 0.6) is 5.75 Å². The van der Waals surface area contributed by atoms with Crippen molar-refractivity contribution in [3.05, 3.63) is 40.0 Å². The maximum atomic E-state index is 5.76. The van der Waals surface area contributed by atoms with Crippen molar-refractivity contribution in [2.75, 3.05) is 7.05 Å². The molecule has 2 aromatic rings. The summed E-state index contributed by atoms with van der Waals surface area (Å²) in [6.07, 6.45) is 0. The second-order valence-corrected chi connectivity index (χ2v) is 5.13. The van der Waals surface area contributed by atoms with Gasteiger partial charge in [-0.05, 0) is 39.1 Å². The molecule has 0 bridgehead atoms. The molecular formula is C13H16BrN3O2. The summed E-state index contributed by atoms with van der Waals surface area (Å²) in [5, 5.41) is 6.93. The molecule has 19 heavy (non-hydrogen) atoms. The van der Waals surface area contributed by atoms with E-state index in [1.807, 2.05) is 25.2 Å². The van der Waals surface area contributed by atoms with Gasteiger partial charge in [-0.3, -0.25) is 0 Å². The van der Waals surface area contributed by atoms with Gasteiger partial charge in [0.05, 0.1) is 0 Å². The first-order valence-electron chi connectivity index (χ1n) is 5.99. The van der Waals surface area contributed by atoms with Crippen LogP contribution in [-0.2, 0) is 6.61 Å². The molecule has 6 heteroatoms. The Bertz CT molecular complexity index is 557. The molecule has 0 aliphatic carbocycles. The molecule has 1 aromatic carbocycles. The smallest absolute Gasteiger partial charge is 0.264 e. The van der Waals surface area contributed by atoms with E-state index in [-0.39, 0.29) is 12.6 Å². The summed E-state index contributed by atoms with van der Waals surface area (Å²) in [4.78, 5) is 4.11. The van der Waals surface area contributed by atoms with Gasteiger partial charge in [0.15, 0.2) is 12.4 Å². The Balaban J connectivity index is 2.15. The normalized spacial score (nSPS) is 12.4. The summed E-state index contributed by atoms with van der Waals surface area (Å²) in [5.41, 5.74) is 1.08. The Morgan fingerprint density at radius 3 is 2.89 bits per heavy atom. The number of aryl methyl sites for hydroxylation is 1. The van der Waals surface area contributed by atoms with Gasteiger partial charge in [0.25, 0.3) is 5.89 Å². The van der Waals surface area contributed by atoms with Crippen molar-refractivity contribution in [3.63, 3.8) is 0 Å². The van der Waals surface area contributed by atoms with Crippen molar-refractivity contribution >= 4 is 15.9 Å². The number of halogens is 1. The number of rotatable bonds is 5. The van der Waals surface area contributed by atoms with Gasteiger partial charge in [-0.25, -0.2) is 0 Å². The van der Waals surface area contributed by atoms with Gasteiger partial charge in [-0.15, -0.1) is 0 Å². The zero-order chi connectivity index (χ0) is 13.8. The van der Waals surface area contributed by atoms with E-state index >= 15 is 0 Å². The first kappa shape index (κ1) is 14.0. The van der Waals surface area contributed by atoms with Crippen LogP contribution in [0, 0.1) is 6.92 Å². The van der Waals surface area contributed by atoms with Crippen molar-refractivity contribution in [1.29, 1.82) is 0 Å². The van der Waals surface area contributed by atoms with Crippen LogP contribution < -0.4 is 10.1 Å². The van der Waals surface area contributed by atoms with Gasteiger partial charge >= 0.3 is 0 Å². The van der Waals surface area contributed by atoms with Gasteiger partial charge in [0.2, 0.25) is 0 Å². The Labute approximate surface area is 120 Å². The highest BCUT2D eigenvalue weighted by Gasteiger charge is 2.12. The molecule has 0 aliphatic rings. The summed E-state index contributed by atoms with van der Waals surface area (Å²) in [5.74, 6) is 1.89. The van der Waals surface area contributed by atoms with E-state index in [4.69, 9.17) is 9.26 Å². The maximum Gasteiger partial charge on any atom is 0.264 e. The summed E-state index contributed by atoms with van der Waals surface area (Å²) >= 11 is 3.47. The molecule has 5 nitrogen and oxygen atoms in total. The summed E-state index contributed by atoms with van der Waals surface area (Å²) in [7, 11) is 1.91. The van der Waals surface area contributed by atoms with Crippen LogP contribution in [0.3, 0.4) is 0 Å². The molecule has 0 spiro atoms. The molecule has 0 saturated heterocycles. The number of hydrogen-bond donors (Lipinski definition) is 1. The largest absolute Gasteiger partial charge is 0.483 e. The standard InChI is InChI=1S/C13H16BrN3O2/c1-8(15-3)11-6-10(14)4-5-12(11)18-7-13-16-9(2)17-19-13/h4-6,8,15H,7H2,1-3H3. The molecule has 2 rings (SSSR count). The number of nitrogens with zero attached hydrogens (tertiary/aromatic N) is 2. The van der Waals surface area contributed by atoms with Gasteiger partial charge in [-0.1, -0.05) is 21.1 Å². The van der Waals surface area contributed by atoms with Crippen molar-refractivity contribution in [2.45, 2.75) is 26.5 Å². The molecule has 102 valence electrons. The minimum Gasteiger partial charge on any atom is -0.483 e. The lowest BCUT2D eigenvalue weighted by molar-refractivity contribution is 0.239. The minimum absolute atomic E-state index is 0.192. The average molecular weight is 326 g/mol. The molecule has 1 unspecified atom stereocenters. The number of ether oxygens (including phenoxy) is 1. The fraction of sp³-hybridized carbons (Fsp3) is 0.385. The van der Waals surface area contributed by atoms with Crippen molar-refractivity contribution in [1.82, 2.24) is 15.5 Å². The predicted octanol–water partition coefficient (Wildman–Crippen LogP) is 3.00. The van der Waals surface area contributed by atoms with E-state index < -0.39 is 0 Å². The zero-order valence-electron chi connectivity index (χ0n) is 11.1. The van der Waals surface area contributed by atoms with Crippen molar-refractivity contribution in [3.8, 4) is 5.75 Å². The lowest BCUT2D eigenvalue weighted by Gasteiger charge is -2.16. The predicted molar refractivity (Wildman–Crippen MR) is 75.0 cm³/mol. The molecule has 1 atom stereocenters. The van der Waals surface area contributed by atoms with Crippen molar-refractivity contribution < 1.29 is 9.26 Å². The highest BCUT2D eigenvalue weighted by molar-refractivity contribution is 9.10. The van der Waals surface area contributed by atoms with Crippen LogP contribution in [0.4, 0.5) is 0 Å². The van der Waals surface area contributed by atoms with Gasteiger partial charge in [0, 0.05) is 16.1 Å². The van der Waals surface area contributed by atoms with E-state index in [1.54, 1.807) is 6.92 Å². The van der Waals surface area contributed by atoms with E-state index in [1.165, 1.54) is 0 Å². The fourth-order valence-corrected chi connectivity index (χ4v) is 2.06. The second kappa shape index (κ2) is 6.16. The summed E-state index contributed by atoms with van der Waals surface area (Å²) < 4.78 is 11.8. The molecule has 0 aliphatic heterocycles.